The molecule has 0 saturated heterocycles. The number of fused-ring (bicyclic) bond motifs is 1. The van der Waals surface area contributed by atoms with Gasteiger partial charge >= 0.3 is 0 Å². The molecule has 0 amide bonds. The summed E-state index contributed by atoms with van der Waals surface area (Å²) >= 11 is 0. The predicted molar refractivity (Wildman–Crippen MR) is 80.9 cm³/mol. The smallest absolute Gasteiger partial charge is 0.0294 e. The first-order chi connectivity index (χ1) is 8.81. The minimum Gasteiger partial charge on any atom is -0.0594 e. The van der Waals surface area contributed by atoms with E-state index in [0.29, 0.717) is 0 Å². The maximum atomic E-state index is 2.56. The van der Waals surface area contributed by atoms with Gasteiger partial charge in [0.2, 0.25) is 0 Å². The van der Waals surface area contributed by atoms with Gasteiger partial charge in [-0.1, -0.05) is 84.0 Å². The van der Waals surface area contributed by atoms with E-state index in [1.165, 1.54) is 89.9 Å². The highest BCUT2D eigenvalue weighted by Crippen LogP contribution is 2.58. The minimum absolute atomic E-state index is 0.775. The van der Waals surface area contributed by atoms with E-state index >= 15 is 0 Å². The van der Waals surface area contributed by atoms with E-state index in [1.807, 2.05) is 0 Å². The molecule has 2 aliphatic rings. The molecule has 0 bridgehead atoms. The van der Waals surface area contributed by atoms with E-state index in [4.69, 9.17) is 0 Å². The Hall–Kier alpha value is 0. The molecule has 2 fully saturated rings. The fourth-order valence-electron chi connectivity index (χ4n) is 3.95. The standard InChI is InChI=1S/C18H34/c1-18-15-13-11-9-7-5-3-2-4-6-8-10-12-14-17(18)16-18/h17H,2-16H2,1H3. The fraction of sp³-hybridized carbons (Fsp3) is 1.00. The van der Waals surface area contributed by atoms with Gasteiger partial charge in [0.1, 0.15) is 0 Å². The van der Waals surface area contributed by atoms with Gasteiger partial charge in [0.25, 0.3) is 0 Å². The third-order valence-corrected chi connectivity index (χ3v) is 5.59. The van der Waals surface area contributed by atoms with Crippen molar-refractivity contribution in [2.75, 3.05) is 0 Å². The summed E-state index contributed by atoms with van der Waals surface area (Å²) in [6.45, 7) is 2.56. The van der Waals surface area contributed by atoms with Crippen molar-refractivity contribution in [3.05, 3.63) is 0 Å². The van der Waals surface area contributed by atoms with Gasteiger partial charge in [-0.05, 0) is 30.6 Å². The summed E-state index contributed by atoms with van der Waals surface area (Å²) < 4.78 is 0. The van der Waals surface area contributed by atoms with Crippen molar-refractivity contribution >= 4 is 0 Å². The zero-order valence-electron chi connectivity index (χ0n) is 12.7. The molecule has 0 heterocycles. The molecule has 2 unspecified atom stereocenters. The van der Waals surface area contributed by atoms with Crippen molar-refractivity contribution in [1.82, 2.24) is 0 Å². The van der Waals surface area contributed by atoms with Crippen molar-refractivity contribution < 1.29 is 0 Å². The Morgan fingerprint density at radius 2 is 1.06 bits per heavy atom. The second-order valence-electron chi connectivity index (χ2n) is 7.34. The lowest BCUT2D eigenvalue weighted by atomic mass is 9.94. The van der Waals surface area contributed by atoms with E-state index in [9.17, 15) is 0 Å². The molecule has 0 spiro atoms. The Bertz CT molecular complexity index is 220. The zero-order valence-corrected chi connectivity index (χ0v) is 12.7. The molecular weight excluding hydrogens is 216 g/mol. The van der Waals surface area contributed by atoms with Crippen LogP contribution in [0.4, 0.5) is 0 Å². The van der Waals surface area contributed by atoms with Gasteiger partial charge in [0.05, 0.1) is 0 Å². The Kier molecular flexibility index (Phi) is 6.05. The summed E-state index contributed by atoms with van der Waals surface area (Å²) in [6, 6.07) is 0. The highest BCUT2D eigenvalue weighted by molar-refractivity contribution is 4.98. The summed E-state index contributed by atoms with van der Waals surface area (Å²) in [4.78, 5) is 0. The Balaban J connectivity index is 1.65. The van der Waals surface area contributed by atoms with E-state index in [0.717, 1.165) is 11.3 Å². The molecule has 0 heteroatoms. The monoisotopic (exact) mass is 250 g/mol. The van der Waals surface area contributed by atoms with Crippen molar-refractivity contribution in [2.45, 2.75) is 103 Å². The van der Waals surface area contributed by atoms with Crippen LogP contribution in [0.5, 0.6) is 0 Å². The molecule has 0 aromatic heterocycles. The molecule has 2 aliphatic carbocycles. The van der Waals surface area contributed by atoms with Gasteiger partial charge in [0.15, 0.2) is 0 Å². The van der Waals surface area contributed by atoms with Crippen LogP contribution in [0.1, 0.15) is 103 Å². The lowest BCUT2D eigenvalue weighted by Gasteiger charge is -2.11. The average molecular weight is 250 g/mol. The predicted octanol–water partition coefficient (Wildman–Crippen LogP) is 6.49. The fourth-order valence-corrected chi connectivity index (χ4v) is 3.95. The Morgan fingerprint density at radius 3 is 1.61 bits per heavy atom. The molecule has 0 N–H and O–H groups in total. The van der Waals surface area contributed by atoms with E-state index in [2.05, 4.69) is 6.92 Å². The van der Waals surface area contributed by atoms with Crippen LogP contribution in [0.3, 0.4) is 0 Å². The largest absolute Gasteiger partial charge is 0.0594 e. The lowest BCUT2D eigenvalue weighted by molar-refractivity contribution is 0.406. The molecule has 0 aromatic carbocycles. The summed E-state index contributed by atoms with van der Waals surface area (Å²) in [5.41, 5.74) is 0.775. The molecule has 18 heavy (non-hydrogen) atoms. The quantitative estimate of drug-likeness (QED) is 0.461. The Labute approximate surface area is 115 Å². The third kappa shape index (κ3) is 4.94. The van der Waals surface area contributed by atoms with Gasteiger partial charge < -0.3 is 0 Å². The van der Waals surface area contributed by atoms with Crippen molar-refractivity contribution in [2.24, 2.45) is 11.3 Å². The summed E-state index contributed by atoms with van der Waals surface area (Å²) in [5.74, 6) is 1.10. The summed E-state index contributed by atoms with van der Waals surface area (Å²) in [5, 5.41) is 0. The Morgan fingerprint density at radius 1 is 0.611 bits per heavy atom. The van der Waals surface area contributed by atoms with E-state index in [-0.39, 0.29) is 0 Å². The molecule has 0 nitrogen and oxygen atoms in total. The highest BCUT2D eigenvalue weighted by atomic mass is 14.5. The van der Waals surface area contributed by atoms with E-state index in [1.54, 1.807) is 6.42 Å². The van der Waals surface area contributed by atoms with E-state index < -0.39 is 0 Å². The maximum absolute atomic E-state index is 2.56. The molecule has 2 saturated carbocycles. The lowest BCUT2D eigenvalue weighted by Crippen LogP contribution is -1.98. The minimum atomic E-state index is 0.775. The van der Waals surface area contributed by atoms with Crippen LogP contribution < -0.4 is 0 Å². The average Bonchev–Trinajstić information content (AvgIpc) is 2.99. The zero-order chi connectivity index (χ0) is 12.7. The van der Waals surface area contributed by atoms with Gasteiger partial charge in [-0.15, -0.1) is 0 Å². The molecule has 0 aliphatic heterocycles. The molecular formula is C18H34. The first-order valence-electron chi connectivity index (χ1n) is 8.81. The molecule has 2 rings (SSSR count). The second kappa shape index (κ2) is 7.56. The van der Waals surface area contributed by atoms with Gasteiger partial charge in [-0.25, -0.2) is 0 Å². The molecule has 2 atom stereocenters. The van der Waals surface area contributed by atoms with Gasteiger partial charge in [-0.3, -0.25) is 0 Å². The van der Waals surface area contributed by atoms with Crippen LogP contribution in [0.2, 0.25) is 0 Å². The summed E-state index contributed by atoms with van der Waals surface area (Å²) in [7, 11) is 0. The summed E-state index contributed by atoms with van der Waals surface area (Å²) in [6.07, 6.45) is 22.6. The van der Waals surface area contributed by atoms with Crippen LogP contribution in [0, 0.1) is 11.3 Å². The molecule has 0 aromatic rings. The van der Waals surface area contributed by atoms with Gasteiger partial charge in [-0.2, -0.15) is 0 Å². The SMILES string of the molecule is CC12CCCCCCCCCCCCCCC1C2. The third-order valence-electron chi connectivity index (χ3n) is 5.59. The van der Waals surface area contributed by atoms with Crippen molar-refractivity contribution in [1.29, 1.82) is 0 Å². The van der Waals surface area contributed by atoms with Crippen molar-refractivity contribution in [3.8, 4) is 0 Å². The van der Waals surface area contributed by atoms with Crippen LogP contribution >= 0.6 is 0 Å². The maximum Gasteiger partial charge on any atom is -0.0294 e. The van der Waals surface area contributed by atoms with Crippen LogP contribution in [-0.2, 0) is 0 Å². The van der Waals surface area contributed by atoms with Crippen LogP contribution in [-0.4, -0.2) is 0 Å². The normalized spacial score (nSPS) is 36.8. The first-order valence-corrected chi connectivity index (χ1v) is 8.81. The first kappa shape index (κ1) is 14.4. The van der Waals surface area contributed by atoms with Crippen LogP contribution in [0.25, 0.3) is 0 Å². The number of rotatable bonds is 0. The molecule has 106 valence electrons. The van der Waals surface area contributed by atoms with Gasteiger partial charge in [0, 0.05) is 0 Å². The molecule has 0 radical (unpaired) electrons. The highest BCUT2D eigenvalue weighted by Gasteiger charge is 2.47. The van der Waals surface area contributed by atoms with Crippen molar-refractivity contribution in [3.63, 3.8) is 0 Å². The second-order valence-corrected chi connectivity index (χ2v) is 7.34. The van der Waals surface area contributed by atoms with Crippen LogP contribution in [0.15, 0.2) is 0 Å². The number of hydrogen-bond donors (Lipinski definition) is 0. The number of hydrogen-bond acceptors (Lipinski definition) is 0. The topological polar surface area (TPSA) is 0 Å².